The molecule has 0 atom stereocenters. The molecule has 1 aliphatic heterocycles. The number of piperidine rings is 1. The third-order valence-corrected chi connectivity index (χ3v) is 5.25. The number of hydrogen-bond acceptors (Lipinski definition) is 4. The Hall–Kier alpha value is -1.05. The van der Waals surface area contributed by atoms with E-state index in [-0.39, 0.29) is 4.90 Å². The second-order valence-electron chi connectivity index (χ2n) is 4.74. The summed E-state index contributed by atoms with van der Waals surface area (Å²) in [7, 11) is -1.72. The van der Waals surface area contributed by atoms with Crippen LogP contribution in [0.2, 0.25) is 0 Å². The summed E-state index contributed by atoms with van der Waals surface area (Å²) in [6, 6.07) is 1.02. The summed E-state index contributed by atoms with van der Waals surface area (Å²) in [6.45, 7) is 1.85. The highest BCUT2D eigenvalue weighted by molar-refractivity contribution is 7.89. The smallest absolute Gasteiger partial charge is 0.244 e. The molecule has 1 aromatic rings. The average molecular weight is 287 g/mol. The van der Waals surface area contributed by atoms with Crippen molar-refractivity contribution in [3.8, 4) is 0 Å². The molecule has 0 amide bonds. The van der Waals surface area contributed by atoms with Crippen molar-refractivity contribution in [1.82, 2.24) is 14.6 Å². The molecule has 1 aromatic heterocycles. The Morgan fingerprint density at radius 2 is 2.11 bits per heavy atom. The SMILES string of the molecule is CNCC1CCN(S(=O)(=O)c2cncc(F)c2)CC1. The number of nitrogens with zero attached hydrogens (tertiary/aromatic N) is 2. The Morgan fingerprint density at radius 1 is 1.42 bits per heavy atom. The molecular formula is C12H18FN3O2S. The van der Waals surface area contributed by atoms with Crippen molar-refractivity contribution in [2.75, 3.05) is 26.7 Å². The van der Waals surface area contributed by atoms with Crippen molar-refractivity contribution in [3.63, 3.8) is 0 Å². The molecule has 0 bridgehead atoms. The molecule has 1 aliphatic rings. The molecule has 106 valence electrons. The van der Waals surface area contributed by atoms with E-state index in [9.17, 15) is 12.8 Å². The lowest BCUT2D eigenvalue weighted by Crippen LogP contribution is -2.40. The van der Waals surface area contributed by atoms with Crippen LogP contribution in [-0.2, 0) is 10.0 Å². The molecule has 2 heterocycles. The lowest BCUT2D eigenvalue weighted by molar-refractivity contribution is 0.270. The van der Waals surface area contributed by atoms with E-state index in [1.54, 1.807) is 0 Å². The number of rotatable bonds is 4. The van der Waals surface area contributed by atoms with Crippen molar-refractivity contribution in [2.45, 2.75) is 17.7 Å². The van der Waals surface area contributed by atoms with Crippen molar-refractivity contribution >= 4 is 10.0 Å². The molecule has 1 fully saturated rings. The Morgan fingerprint density at radius 3 is 2.68 bits per heavy atom. The normalized spacial score (nSPS) is 18.6. The van der Waals surface area contributed by atoms with Crippen LogP contribution < -0.4 is 5.32 Å². The van der Waals surface area contributed by atoms with Gasteiger partial charge in [0.15, 0.2) is 0 Å². The third-order valence-electron chi connectivity index (χ3n) is 3.38. The van der Waals surface area contributed by atoms with E-state index in [0.717, 1.165) is 31.6 Å². The molecule has 0 saturated carbocycles. The van der Waals surface area contributed by atoms with Crippen molar-refractivity contribution in [3.05, 3.63) is 24.3 Å². The number of halogens is 1. The van der Waals surface area contributed by atoms with E-state index < -0.39 is 15.8 Å². The lowest BCUT2D eigenvalue weighted by Gasteiger charge is -2.31. The van der Waals surface area contributed by atoms with E-state index >= 15 is 0 Å². The third kappa shape index (κ3) is 3.29. The van der Waals surface area contributed by atoms with E-state index in [2.05, 4.69) is 10.3 Å². The summed E-state index contributed by atoms with van der Waals surface area (Å²) >= 11 is 0. The highest BCUT2D eigenvalue weighted by Crippen LogP contribution is 2.23. The van der Waals surface area contributed by atoms with E-state index in [0.29, 0.717) is 19.0 Å². The summed E-state index contributed by atoms with van der Waals surface area (Å²) in [4.78, 5) is 3.53. The van der Waals surface area contributed by atoms with E-state index in [1.165, 1.54) is 10.5 Å². The van der Waals surface area contributed by atoms with Gasteiger partial charge < -0.3 is 5.32 Å². The number of aromatic nitrogens is 1. The zero-order valence-electron chi connectivity index (χ0n) is 10.8. The van der Waals surface area contributed by atoms with Gasteiger partial charge in [0.05, 0.1) is 6.20 Å². The van der Waals surface area contributed by atoms with Gasteiger partial charge in [-0.15, -0.1) is 0 Å². The van der Waals surface area contributed by atoms with Gasteiger partial charge in [-0.1, -0.05) is 0 Å². The quantitative estimate of drug-likeness (QED) is 0.891. The standard InChI is InChI=1S/C12H18FN3O2S/c1-14-7-10-2-4-16(5-3-10)19(17,18)12-6-11(13)8-15-9-12/h6,8-10,14H,2-5,7H2,1H3. The zero-order chi connectivity index (χ0) is 13.9. The summed E-state index contributed by atoms with van der Waals surface area (Å²) in [5, 5.41) is 3.10. The largest absolute Gasteiger partial charge is 0.319 e. The highest BCUT2D eigenvalue weighted by atomic mass is 32.2. The minimum atomic E-state index is -3.61. The van der Waals surface area contributed by atoms with Gasteiger partial charge in [0.2, 0.25) is 10.0 Å². The number of sulfonamides is 1. The van der Waals surface area contributed by atoms with Gasteiger partial charge in [0.25, 0.3) is 0 Å². The molecule has 0 aromatic carbocycles. The van der Waals surface area contributed by atoms with Gasteiger partial charge in [-0.25, -0.2) is 12.8 Å². The van der Waals surface area contributed by atoms with Crippen LogP contribution in [0.3, 0.4) is 0 Å². The van der Waals surface area contributed by atoms with Crippen LogP contribution in [0.5, 0.6) is 0 Å². The molecule has 0 aliphatic carbocycles. The summed E-state index contributed by atoms with van der Waals surface area (Å²) in [5.74, 6) is -0.131. The van der Waals surface area contributed by atoms with Gasteiger partial charge in [-0.05, 0) is 38.4 Å². The van der Waals surface area contributed by atoms with Crippen LogP contribution in [0.25, 0.3) is 0 Å². The Kier molecular flexibility index (Phi) is 4.49. The minimum Gasteiger partial charge on any atom is -0.319 e. The zero-order valence-corrected chi connectivity index (χ0v) is 11.7. The highest BCUT2D eigenvalue weighted by Gasteiger charge is 2.29. The molecule has 19 heavy (non-hydrogen) atoms. The maximum absolute atomic E-state index is 13.1. The maximum Gasteiger partial charge on any atom is 0.244 e. The summed E-state index contributed by atoms with van der Waals surface area (Å²) < 4.78 is 39.1. The number of pyridine rings is 1. The van der Waals surface area contributed by atoms with Crippen molar-refractivity contribution in [1.29, 1.82) is 0 Å². The van der Waals surface area contributed by atoms with E-state index in [4.69, 9.17) is 0 Å². The summed E-state index contributed by atoms with van der Waals surface area (Å²) in [5.41, 5.74) is 0. The predicted molar refractivity (Wildman–Crippen MR) is 69.6 cm³/mol. The molecule has 2 rings (SSSR count). The van der Waals surface area contributed by atoms with Gasteiger partial charge >= 0.3 is 0 Å². The first kappa shape index (κ1) is 14.4. The lowest BCUT2D eigenvalue weighted by atomic mass is 9.98. The predicted octanol–water partition coefficient (Wildman–Crippen LogP) is 0.841. The summed E-state index contributed by atoms with van der Waals surface area (Å²) in [6.07, 6.45) is 3.84. The van der Waals surface area contributed by atoms with Gasteiger partial charge in [-0.2, -0.15) is 4.31 Å². The Labute approximate surface area is 112 Å². The molecule has 0 unspecified atom stereocenters. The molecule has 0 radical (unpaired) electrons. The molecule has 1 saturated heterocycles. The monoisotopic (exact) mass is 287 g/mol. The van der Waals surface area contributed by atoms with Crippen LogP contribution in [0.15, 0.2) is 23.4 Å². The molecular weight excluding hydrogens is 269 g/mol. The molecule has 0 spiro atoms. The number of nitrogens with one attached hydrogen (secondary N) is 1. The second-order valence-corrected chi connectivity index (χ2v) is 6.68. The topological polar surface area (TPSA) is 62.3 Å². The average Bonchev–Trinajstić information content (AvgIpc) is 2.40. The first-order chi connectivity index (χ1) is 9.04. The fraction of sp³-hybridized carbons (Fsp3) is 0.583. The first-order valence-electron chi connectivity index (χ1n) is 6.29. The minimum absolute atomic E-state index is 0.0698. The second kappa shape index (κ2) is 5.94. The fourth-order valence-electron chi connectivity index (χ4n) is 2.32. The van der Waals surface area contributed by atoms with Crippen molar-refractivity contribution < 1.29 is 12.8 Å². The van der Waals surface area contributed by atoms with Crippen LogP contribution in [0, 0.1) is 11.7 Å². The van der Waals surface area contributed by atoms with Gasteiger partial charge in [0.1, 0.15) is 10.7 Å². The van der Waals surface area contributed by atoms with Crippen LogP contribution in [0.1, 0.15) is 12.8 Å². The van der Waals surface area contributed by atoms with Crippen LogP contribution in [-0.4, -0.2) is 44.4 Å². The Bertz CT molecular complexity index is 528. The van der Waals surface area contributed by atoms with E-state index in [1.807, 2.05) is 7.05 Å². The fourth-order valence-corrected chi connectivity index (χ4v) is 3.77. The molecule has 1 N–H and O–H groups in total. The molecule has 7 heteroatoms. The number of hydrogen-bond donors (Lipinski definition) is 1. The van der Waals surface area contributed by atoms with Crippen molar-refractivity contribution in [2.24, 2.45) is 5.92 Å². The van der Waals surface area contributed by atoms with Crippen LogP contribution >= 0.6 is 0 Å². The molecule has 5 nitrogen and oxygen atoms in total. The maximum atomic E-state index is 13.1. The van der Waals surface area contributed by atoms with Crippen LogP contribution in [0.4, 0.5) is 4.39 Å². The first-order valence-corrected chi connectivity index (χ1v) is 7.73. The van der Waals surface area contributed by atoms with Gasteiger partial charge in [0, 0.05) is 19.3 Å². The Balaban J connectivity index is 2.10. The van der Waals surface area contributed by atoms with Gasteiger partial charge in [-0.3, -0.25) is 4.98 Å².